The van der Waals surface area contributed by atoms with Crippen molar-refractivity contribution < 1.29 is 33.4 Å². The van der Waals surface area contributed by atoms with Crippen molar-refractivity contribution in [1.82, 2.24) is 15.5 Å². The molecule has 230 valence electrons. The molecule has 0 saturated heterocycles. The Kier molecular flexibility index (Phi) is 14.9. The van der Waals surface area contributed by atoms with Crippen LogP contribution in [-0.2, 0) is 28.7 Å². The van der Waals surface area contributed by atoms with E-state index in [-0.39, 0.29) is 26.1 Å². The van der Waals surface area contributed by atoms with Gasteiger partial charge in [0.05, 0.1) is 19.4 Å². The third kappa shape index (κ3) is 13.1. The Morgan fingerprint density at radius 1 is 1.00 bits per heavy atom. The average Bonchev–Trinajstić information content (AvgIpc) is 2.85. The molecule has 0 aliphatic rings. The number of primary amides is 1. The van der Waals surface area contributed by atoms with E-state index in [0.29, 0.717) is 12.0 Å². The molecule has 1 aromatic rings. The molecule has 4 N–H and O–H groups in total. The summed E-state index contributed by atoms with van der Waals surface area (Å²) in [7, 11) is 0. The summed E-state index contributed by atoms with van der Waals surface area (Å²) in [5.41, 5.74) is 7.10. The van der Waals surface area contributed by atoms with Gasteiger partial charge in [0.25, 0.3) is 0 Å². The molecule has 2 unspecified atom stereocenters. The molecule has 1 aromatic carbocycles. The molecule has 11 nitrogen and oxygen atoms in total. The quantitative estimate of drug-likeness (QED) is 0.200. The van der Waals surface area contributed by atoms with Crippen molar-refractivity contribution >= 4 is 29.8 Å². The summed E-state index contributed by atoms with van der Waals surface area (Å²) in [6.45, 7) is 13.1. The van der Waals surface area contributed by atoms with E-state index in [4.69, 9.17) is 15.2 Å². The van der Waals surface area contributed by atoms with E-state index >= 15 is 0 Å². The van der Waals surface area contributed by atoms with Crippen LogP contribution < -0.4 is 16.4 Å². The average molecular weight is 577 g/mol. The second kappa shape index (κ2) is 17.2. The first-order chi connectivity index (χ1) is 19.2. The van der Waals surface area contributed by atoms with Gasteiger partial charge in [0.1, 0.15) is 17.7 Å². The van der Waals surface area contributed by atoms with Crippen LogP contribution in [0, 0.1) is 13.8 Å². The molecule has 0 aliphatic carbocycles. The smallest absolute Gasteiger partial charge is 0.408 e. The lowest BCUT2D eigenvalue weighted by atomic mass is 9.97. The molecule has 1 rings (SSSR count). The van der Waals surface area contributed by atoms with Gasteiger partial charge in [-0.3, -0.25) is 19.2 Å². The first-order valence-corrected chi connectivity index (χ1v) is 14.3. The number of rotatable bonds is 16. The SMILES string of the molecule is CCCCCCN(C(=O)C(CC(N)=O)NC(=O)OC(C)(C)C)C(C(=O)NCCC(=O)OCC)c1ccc(C)c(C)c1. The Hall–Kier alpha value is -3.63. The zero-order chi connectivity index (χ0) is 31.2. The maximum Gasteiger partial charge on any atom is 0.408 e. The maximum absolute atomic E-state index is 14.1. The van der Waals surface area contributed by atoms with E-state index in [1.165, 1.54) is 4.90 Å². The lowest BCUT2D eigenvalue weighted by Gasteiger charge is -2.34. The molecule has 0 bridgehead atoms. The molecule has 0 aliphatic heterocycles. The van der Waals surface area contributed by atoms with E-state index < -0.39 is 53.9 Å². The molecule has 0 radical (unpaired) electrons. The number of carbonyl (C=O) groups excluding carboxylic acids is 5. The fraction of sp³-hybridized carbons (Fsp3) is 0.633. The first-order valence-electron chi connectivity index (χ1n) is 14.3. The van der Waals surface area contributed by atoms with E-state index in [9.17, 15) is 24.0 Å². The van der Waals surface area contributed by atoms with Crippen LogP contribution in [-0.4, -0.2) is 66.0 Å². The Labute approximate surface area is 243 Å². The summed E-state index contributed by atoms with van der Waals surface area (Å²) in [6.07, 6.45) is 1.90. The van der Waals surface area contributed by atoms with Crippen LogP contribution in [0.3, 0.4) is 0 Å². The molecule has 0 saturated carbocycles. The number of amides is 4. The van der Waals surface area contributed by atoms with Gasteiger partial charge in [-0.15, -0.1) is 0 Å². The van der Waals surface area contributed by atoms with Crippen LogP contribution >= 0.6 is 0 Å². The zero-order valence-corrected chi connectivity index (χ0v) is 25.6. The third-order valence-corrected chi connectivity index (χ3v) is 6.27. The highest BCUT2D eigenvalue weighted by atomic mass is 16.6. The number of hydrogen-bond donors (Lipinski definition) is 3. The summed E-state index contributed by atoms with van der Waals surface area (Å²) in [4.78, 5) is 65.6. The van der Waals surface area contributed by atoms with Gasteiger partial charge < -0.3 is 30.7 Å². The van der Waals surface area contributed by atoms with Crippen molar-refractivity contribution in [3.05, 3.63) is 34.9 Å². The van der Waals surface area contributed by atoms with Crippen molar-refractivity contribution in [2.24, 2.45) is 5.73 Å². The Morgan fingerprint density at radius 3 is 2.24 bits per heavy atom. The van der Waals surface area contributed by atoms with E-state index in [1.54, 1.807) is 33.8 Å². The number of ether oxygens (including phenoxy) is 2. The minimum Gasteiger partial charge on any atom is -0.466 e. The summed E-state index contributed by atoms with van der Waals surface area (Å²) in [6, 6.07) is 3.02. The number of unbranched alkanes of at least 4 members (excludes halogenated alkanes) is 3. The van der Waals surface area contributed by atoms with Gasteiger partial charge in [0.15, 0.2) is 0 Å². The zero-order valence-electron chi connectivity index (χ0n) is 25.6. The third-order valence-electron chi connectivity index (χ3n) is 6.27. The Bertz CT molecular complexity index is 1050. The number of hydrogen-bond acceptors (Lipinski definition) is 7. The highest BCUT2D eigenvalue weighted by Crippen LogP contribution is 2.26. The summed E-state index contributed by atoms with van der Waals surface area (Å²) < 4.78 is 10.3. The van der Waals surface area contributed by atoms with Crippen molar-refractivity contribution in [2.75, 3.05) is 19.7 Å². The second-order valence-electron chi connectivity index (χ2n) is 11.1. The van der Waals surface area contributed by atoms with Crippen LogP contribution in [0.1, 0.15) is 95.9 Å². The van der Waals surface area contributed by atoms with Gasteiger partial charge in [-0.1, -0.05) is 44.4 Å². The number of esters is 1. The van der Waals surface area contributed by atoms with Crippen molar-refractivity contribution in [1.29, 1.82) is 0 Å². The minimum atomic E-state index is -1.35. The van der Waals surface area contributed by atoms with E-state index in [1.807, 2.05) is 26.0 Å². The van der Waals surface area contributed by atoms with Crippen molar-refractivity contribution in [2.45, 2.75) is 105 Å². The van der Waals surface area contributed by atoms with Crippen molar-refractivity contribution in [3.8, 4) is 0 Å². The number of carbonyl (C=O) groups is 5. The fourth-order valence-electron chi connectivity index (χ4n) is 4.15. The molecule has 11 heteroatoms. The molecular formula is C30H48N4O7. The topological polar surface area (TPSA) is 157 Å². The molecule has 0 heterocycles. The van der Waals surface area contributed by atoms with Gasteiger partial charge in [0, 0.05) is 13.1 Å². The van der Waals surface area contributed by atoms with E-state index in [0.717, 1.165) is 30.4 Å². The molecule has 0 aromatic heterocycles. The largest absolute Gasteiger partial charge is 0.466 e. The van der Waals surface area contributed by atoms with Crippen LogP contribution in [0.25, 0.3) is 0 Å². The monoisotopic (exact) mass is 576 g/mol. The van der Waals surface area contributed by atoms with Crippen LogP contribution in [0.15, 0.2) is 18.2 Å². The van der Waals surface area contributed by atoms with Gasteiger partial charge in [-0.25, -0.2) is 4.79 Å². The molecule has 41 heavy (non-hydrogen) atoms. The summed E-state index contributed by atoms with van der Waals surface area (Å²) in [5, 5.41) is 5.23. The van der Waals surface area contributed by atoms with Crippen LogP contribution in [0.2, 0.25) is 0 Å². The first kappa shape index (κ1) is 35.4. The number of aryl methyl sites for hydroxylation is 2. The van der Waals surface area contributed by atoms with Crippen molar-refractivity contribution in [3.63, 3.8) is 0 Å². The Morgan fingerprint density at radius 2 is 1.68 bits per heavy atom. The van der Waals surface area contributed by atoms with Gasteiger partial charge in [-0.2, -0.15) is 0 Å². The number of alkyl carbamates (subject to hydrolysis) is 1. The van der Waals surface area contributed by atoms with Gasteiger partial charge in [-0.05, 0) is 64.7 Å². The van der Waals surface area contributed by atoms with Crippen LogP contribution in [0.5, 0.6) is 0 Å². The molecule has 0 fully saturated rings. The molecule has 2 atom stereocenters. The number of nitrogens with zero attached hydrogens (tertiary/aromatic N) is 1. The predicted octanol–water partition coefficient (Wildman–Crippen LogP) is 3.59. The molecule has 4 amide bonds. The lowest BCUT2D eigenvalue weighted by molar-refractivity contribution is -0.144. The summed E-state index contributed by atoms with van der Waals surface area (Å²) >= 11 is 0. The Balaban J connectivity index is 3.50. The fourth-order valence-corrected chi connectivity index (χ4v) is 4.15. The van der Waals surface area contributed by atoms with E-state index in [2.05, 4.69) is 17.6 Å². The standard InChI is InChI=1S/C30H48N4O7/c1-8-10-11-12-17-34(28(38)23(19-24(31)35)33-29(39)41-30(5,6)7)26(22-14-13-20(3)21(4)18-22)27(37)32-16-15-25(36)40-9-2/h13-14,18,23,26H,8-12,15-17,19H2,1-7H3,(H2,31,35)(H,32,37)(H,33,39). The maximum atomic E-state index is 14.1. The number of nitrogens with one attached hydrogen (secondary N) is 2. The minimum absolute atomic E-state index is 0.0117. The number of nitrogens with two attached hydrogens (primary N) is 1. The summed E-state index contributed by atoms with van der Waals surface area (Å²) in [5.74, 6) is -2.40. The highest BCUT2D eigenvalue weighted by Gasteiger charge is 2.37. The molecule has 0 spiro atoms. The van der Waals surface area contributed by atoms with Gasteiger partial charge >= 0.3 is 12.1 Å². The molecular weight excluding hydrogens is 528 g/mol. The predicted molar refractivity (Wildman–Crippen MR) is 156 cm³/mol. The second-order valence-corrected chi connectivity index (χ2v) is 11.1. The highest BCUT2D eigenvalue weighted by molar-refractivity contribution is 5.94. The van der Waals surface area contributed by atoms with Gasteiger partial charge in [0.2, 0.25) is 17.7 Å². The lowest BCUT2D eigenvalue weighted by Crippen LogP contribution is -2.54. The normalized spacial score (nSPS) is 12.6. The number of benzene rings is 1. The van der Waals surface area contributed by atoms with Crippen LogP contribution in [0.4, 0.5) is 4.79 Å².